The number of nitrogens with one attached hydrogen (secondary N) is 1. The third kappa shape index (κ3) is 4.06. The lowest BCUT2D eigenvalue weighted by atomic mass is 10.3. The predicted octanol–water partition coefficient (Wildman–Crippen LogP) is 2.45. The average Bonchev–Trinajstić information content (AvgIpc) is 3.01. The Balaban J connectivity index is 1.66. The molecule has 0 radical (unpaired) electrons. The van der Waals surface area contributed by atoms with Gasteiger partial charge in [-0.15, -0.1) is 10.2 Å². The molecule has 3 N–H and O–H groups in total. The number of rotatable bonds is 6. The zero-order valence-electron chi connectivity index (χ0n) is 13.7. The highest BCUT2D eigenvalue weighted by molar-refractivity contribution is 7.99. The zero-order valence-corrected chi connectivity index (χ0v) is 15.3. The Morgan fingerprint density at radius 3 is 2.92 bits per heavy atom. The van der Waals surface area contributed by atoms with E-state index in [1.165, 1.54) is 11.8 Å². The number of carbonyl (C=O) groups is 1. The van der Waals surface area contributed by atoms with E-state index in [0.29, 0.717) is 33.1 Å². The number of aromatic nitrogens is 4. The van der Waals surface area contributed by atoms with Gasteiger partial charge in [0.2, 0.25) is 16.9 Å². The summed E-state index contributed by atoms with van der Waals surface area (Å²) in [5.74, 6) is 6.78. The molecule has 0 bridgehead atoms. The lowest BCUT2D eigenvalue weighted by Gasteiger charge is -2.10. The molecular formula is C16H15ClN6O2S. The van der Waals surface area contributed by atoms with Crippen molar-refractivity contribution in [2.45, 2.75) is 5.16 Å². The standard InChI is InChI=1S/C16H15ClN6O2S/c1-25-13-6-5-10(17)8-12(13)20-14(24)9-26-16-22-21-15(23(16)18)11-4-2-3-7-19-11/h2-8H,9,18H2,1H3,(H,20,24). The summed E-state index contributed by atoms with van der Waals surface area (Å²) in [6.07, 6.45) is 1.64. The second kappa shape index (κ2) is 8.07. The highest BCUT2D eigenvalue weighted by Gasteiger charge is 2.15. The topological polar surface area (TPSA) is 108 Å². The van der Waals surface area contributed by atoms with Crippen molar-refractivity contribution in [1.82, 2.24) is 19.9 Å². The largest absolute Gasteiger partial charge is 0.495 e. The summed E-state index contributed by atoms with van der Waals surface area (Å²) in [4.78, 5) is 16.4. The summed E-state index contributed by atoms with van der Waals surface area (Å²) in [5, 5.41) is 11.7. The maximum atomic E-state index is 12.2. The Morgan fingerprint density at radius 2 is 2.19 bits per heavy atom. The number of methoxy groups -OCH3 is 1. The van der Waals surface area contributed by atoms with E-state index in [4.69, 9.17) is 22.2 Å². The first-order valence-corrected chi connectivity index (χ1v) is 8.83. The number of hydrogen-bond donors (Lipinski definition) is 2. The van der Waals surface area contributed by atoms with Crippen LogP contribution >= 0.6 is 23.4 Å². The van der Waals surface area contributed by atoms with Gasteiger partial charge in [0.15, 0.2) is 0 Å². The molecular weight excluding hydrogens is 376 g/mol. The van der Waals surface area contributed by atoms with E-state index in [1.54, 1.807) is 36.5 Å². The Hall–Kier alpha value is -2.78. The quantitative estimate of drug-likeness (QED) is 0.491. The van der Waals surface area contributed by atoms with Gasteiger partial charge in [-0.2, -0.15) is 0 Å². The number of halogens is 1. The molecule has 0 unspecified atom stereocenters. The average molecular weight is 391 g/mol. The SMILES string of the molecule is COc1ccc(Cl)cc1NC(=O)CSc1nnc(-c2ccccn2)n1N. The molecule has 2 aromatic heterocycles. The van der Waals surface area contributed by atoms with E-state index < -0.39 is 0 Å². The maximum absolute atomic E-state index is 12.2. The van der Waals surface area contributed by atoms with Crippen LogP contribution in [-0.2, 0) is 4.79 Å². The van der Waals surface area contributed by atoms with Gasteiger partial charge in [-0.05, 0) is 30.3 Å². The number of nitrogens with two attached hydrogens (primary N) is 1. The molecule has 1 amide bonds. The van der Waals surface area contributed by atoms with E-state index in [9.17, 15) is 4.79 Å². The zero-order chi connectivity index (χ0) is 18.5. The van der Waals surface area contributed by atoms with Crippen LogP contribution in [0.25, 0.3) is 11.5 Å². The molecule has 134 valence electrons. The number of nitrogens with zero attached hydrogens (tertiary/aromatic N) is 4. The summed E-state index contributed by atoms with van der Waals surface area (Å²) in [6, 6.07) is 10.4. The first-order chi connectivity index (χ1) is 12.6. The minimum absolute atomic E-state index is 0.0905. The van der Waals surface area contributed by atoms with E-state index in [-0.39, 0.29) is 11.7 Å². The summed E-state index contributed by atoms with van der Waals surface area (Å²) >= 11 is 7.11. The van der Waals surface area contributed by atoms with Gasteiger partial charge in [0.05, 0.1) is 18.6 Å². The third-order valence-electron chi connectivity index (χ3n) is 3.33. The number of pyridine rings is 1. The number of ether oxygens (including phenoxy) is 1. The minimum Gasteiger partial charge on any atom is -0.495 e. The van der Waals surface area contributed by atoms with Gasteiger partial charge < -0.3 is 15.9 Å². The van der Waals surface area contributed by atoms with Crippen LogP contribution in [-0.4, -0.2) is 38.6 Å². The van der Waals surface area contributed by atoms with Crippen molar-refractivity contribution in [2.75, 3.05) is 24.0 Å². The highest BCUT2D eigenvalue weighted by atomic mass is 35.5. The molecule has 0 saturated heterocycles. The van der Waals surface area contributed by atoms with E-state index >= 15 is 0 Å². The molecule has 26 heavy (non-hydrogen) atoms. The van der Waals surface area contributed by atoms with Gasteiger partial charge in [0.1, 0.15) is 11.4 Å². The molecule has 2 heterocycles. The summed E-state index contributed by atoms with van der Waals surface area (Å²) in [5.41, 5.74) is 1.09. The van der Waals surface area contributed by atoms with Crippen LogP contribution in [0, 0.1) is 0 Å². The second-order valence-corrected chi connectivity index (χ2v) is 6.45. The van der Waals surface area contributed by atoms with Gasteiger partial charge >= 0.3 is 0 Å². The number of carbonyl (C=O) groups excluding carboxylic acids is 1. The van der Waals surface area contributed by atoms with Crippen molar-refractivity contribution < 1.29 is 9.53 Å². The summed E-state index contributed by atoms with van der Waals surface area (Å²) in [7, 11) is 1.52. The molecule has 1 aromatic carbocycles. The molecule has 0 aliphatic carbocycles. The van der Waals surface area contributed by atoms with Crippen LogP contribution in [0.15, 0.2) is 47.8 Å². The van der Waals surface area contributed by atoms with E-state index in [2.05, 4.69) is 20.5 Å². The molecule has 0 saturated carbocycles. The van der Waals surface area contributed by atoms with Gasteiger partial charge in [-0.3, -0.25) is 9.78 Å². The monoisotopic (exact) mass is 390 g/mol. The Kier molecular flexibility index (Phi) is 5.59. The first-order valence-electron chi connectivity index (χ1n) is 7.46. The summed E-state index contributed by atoms with van der Waals surface area (Å²) < 4.78 is 6.51. The van der Waals surface area contributed by atoms with Gasteiger partial charge in [-0.1, -0.05) is 29.4 Å². The van der Waals surface area contributed by atoms with E-state index in [1.807, 2.05) is 6.07 Å². The van der Waals surface area contributed by atoms with Crippen molar-refractivity contribution in [2.24, 2.45) is 0 Å². The second-order valence-electron chi connectivity index (χ2n) is 5.07. The number of anilines is 1. The molecule has 3 aromatic rings. The van der Waals surface area contributed by atoms with Crippen molar-refractivity contribution in [3.63, 3.8) is 0 Å². The van der Waals surface area contributed by atoms with Crippen LogP contribution in [0.2, 0.25) is 5.02 Å². The number of benzene rings is 1. The van der Waals surface area contributed by atoms with Gasteiger partial charge in [0.25, 0.3) is 0 Å². The van der Waals surface area contributed by atoms with Gasteiger partial charge in [0, 0.05) is 11.2 Å². The fourth-order valence-electron chi connectivity index (χ4n) is 2.14. The van der Waals surface area contributed by atoms with Gasteiger partial charge in [-0.25, -0.2) is 4.68 Å². The predicted molar refractivity (Wildman–Crippen MR) is 101 cm³/mol. The molecule has 0 aliphatic rings. The molecule has 0 atom stereocenters. The van der Waals surface area contributed by atoms with Crippen LogP contribution in [0.3, 0.4) is 0 Å². The number of hydrogen-bond acceptors (Lipinski definition) is 7. The fraction of sp³-hybridized carbons (Fsp3) is 0.125. The smallest absolute Gasteiger partial charge is 0.234 e. The minimum atomic E-state index is -0.252. The third-order valence-corrected chi connectivity index (χ3v) is 4.50. The highest BCUT2D eigenvalue weighted by Crippen LogP contribution is 2.28. The maximum Gasteiger partial charge on any atom is 0.234 e. The first kappa shape index (κ1) is 18.0. The van der Waals surface area contributed by atoms with Crippen molar-refractivity contribution in [3.05, 3.63) is 47.6 Å². The molecule has 0 fully saturated rings. The molecule has 0 aliphatic heterocycles. The number of amides is 1. The van der Waals surface area contributed by atoms with Crippen molar-refractivity contribution in [3.8, 4) is 17.3 Å². The fourth-order valence-corrected chi connectivity index (χ4v) is 2.97. The molecule has 0 spiro atoms. The van der Waals surface area contributed by atoms with Crippen molar-refractivity contribution >= 4 is 35.0 Å². The van der Waals surface area contributed by atoms with E-state index in [0.717, 1.165) is 11.8 Å². The van der Waals surface area contributed by atoms with Crippen LogP contribution in [0.5, 0.6) is 5.75 Å². The lowest BCUT2D eigenvalue weighted by Crippen LogP contribution is -2.17. The lowest BCUT2D eigenvalue weighted by molar-refractivity contribution is -0.113. The van der Waals surface area contributed by atoms with Crippen LogP contribution in [0.1, 0.15) is 0 Å². The molecule has 10 heteroatoms. The number of nitrogen functional groups attached to an aromatic ring is 1. The van der Waals surface area contributed by atoms with Crippen LogP contribution in [0.4, 0.5) is 5.69 Å². The Morgan fingerprint density at radius 1 is 1.35 bits per heavy atom. The Bertz CT molecular complexity index is 918. The Labute approximate surface area is 158 Å². The normalized spacial score (nSPS) is 10.5. The van der Waals surface area contributed by atoms with Crippen molar-refractivity contribution in [1.29, 1.82) is 0 Å². The molecule has 3 rings (SSSR count). The number of thioether (sulfide) groups is 1. The molecule has 8 nitrogen and oxygen atoms in total. The summed E-state index contributed by atoms with van der Waals surface area (Å²) in [6.45, 7) is 0. The van der Waals surface area contributed by atoms with Crippen LogP contribution < -0.4 is 15.9 Å².